The minimum absolute atomic E-state index is 0.190. The lowest BCUT2D eigenvalue weighted by atomic mass is 10.0. The Kier molecular flexibility index (Phi) is 3.08. The van der Waals surface area contributed by atoms with Crippen molar-refractivity contribution in [1.82, 2.24) is 0 Å². The predicted molar refractivity (Wildman–Crippen MR) is 73.5 cm³/mol. The number of carbonyl (C=O) groups is 1. The molecule has 1 saturated carbocycles. The number of hydrogen-bond donors (Lipinski definition) is 0. The van der Waals surface area contributed by atoms with E-state index in [1.54, 1.807) is 23.8 Å². The van der Waals surface area contributed by atoms with Crippen molar-refractivity contribution >= 4 is 23.4 Å². The monoisotopic (exact) mass is 263 g/mol. The Balaban J connectivity index is 1.91. The number of benzene rings is 1. The molecule has 1 atom stereocenters. The van der Waals surface area contributed by atoms with Crippen LogP contribution in [-0.2, 0) is 9.53 Å². The minimum atomic E-state index is -0.195. The molecule has 1 spiro atoms. The van der Waals surface area contributed by atoms with Crippen molar-refractivity contribution in [2.24, 2.45) is 5.41 Å². The molecule has 0 aromatic heterocycles. The first-order valence-corrected chi connectivity index (χ1v) is 7.31. The van der Waals surface area contributed by atoms with E-state index in [1.165, 1.54) is 12.8 Å². The second-order valence-corrected chi connectivity index (χ2v) is 6.16. The molecule has 18 heavy (non-hydrogen) atoms. The van der Waals surface area contributed by atoms with E-state index in [2.05, 4.69) is 0 Å². The first-order valence-electron chi connectivity index (χ1n) is 6.26. The van der Waals surface area contributed by atoms with Crippen molar-refractivity contribution in [2.45, 2.75) is 24.8 Å². The van der Waals surface area contributed by atoms with Crippen molar-refractivity contribution in [1.29, 1.82) is 0 Å². The summed E-state index contributed by atoms with van der Waals surface area (Å²) < 4.78 is 5.50. The standard InChI is InChI=1S/C14H17NO2S/c1-17-13-15(11-5-3-2-4-6-11)12(16)9-14(7-8-14)10-18-13/h2-6,13H,7-10H2,1H3. The van der Waals surface area contributed by atoms with Crippen LogP contribution in [0.2, 0.25) is 0 Å². The third-order valence-corrected chi connectivity index (χ3v) is 5.20. The van der Waals surface area contributed by atoms with E-state index < -0.39 is 0 Å². The number of rotatable bonds is 2. The summed E-state index contributed by atoms with van der Waals surface area (Å²) in [5, 5.41) is 0. The second-order valence-electron chi connectivity index (χ2n) is 5.13. The zero-order valence-corrected chi connectivity index (χ0v) is 11.3. The van der Waals surface area contributed by atoms with Crippen molar-refractivity contribution in [2.75, 3.05) is 17.8 Å². The number of nitrogens with zero attached hydrogens (tertiary/aromatic N) is 1. The van der Waals surface area contributed by atoms with Crippen molar-refractivity contribution in [3.63, 3.8) is 0 Å². The van der Waals surface area contributed by atoms with E-state index >= 15 is 0 Å². The van der Waals surface area contributed by atoms with E-state index in [-0.39, 0.29) is 16.9 Å². The Labute approximate surface area is 111 Å². The van der Waals surface area contributed by atoms with E-state index in [1.807, 2.05) is 30.3 Å². The zero-order valence-electron chi connectivity index (χ0n) is 10.5. The van der Waals surface area contributed by atoms with Gasteiger partial charge in [-0.2, -0.15) is 0 Å². The fourth-order valence-corrected chi connectivity index (χ4v) is 3.83. The molecule has 0 radical (unpaired) electrons. The van der Waals surface area contributed by atoms with Crippen LogP contribution >= 0.6 is 11.8 Å². The fourth-order valence-electron chi connectivity index (χ4n) is 2.42. The van der Waals surface area contributed by atoms with Crippen molar-refractivity contribution in [3.8, 4) is 0 Å². The molecule has 2 fully saturated rings. The molecule has 1 saturated heterocycles. The largest absolute Gasteiger partial charge is 0.352 e. The first kappa shape index (κ1) is 12.1. The number of amides is 1. The maximum atomic E-state index is 12.5. The summed E-state index contributed by atoms with van der Waals surface area (Å²) in [6.07, 6.45) is 3.03. The molecule has 1 aliphatic heterocycles. The molecule has 1 aliphatic carbocycles. The van der Waals surface area contributed by atoms with Crippen LogP contribution in [0.15, 0.2) is 30.3 Å². The van der Waals surface area contributed by atoms with Gasteiger partial charge in [-0.1, -0.05) is 18.2 Å². The maximum Gasteiger partial charge on any atom is 0.230 e. The van der Waals surface area contributed by atoms with Crippen molar-refractivity contribution in [3.05, 3.63) is 30.3 Å². The number of methoxy groups -OCH3 is 1. The van der Waals surface area contributed by atoms with Gasteiger partial charge in [-0.15, -0.1) is 11.8 Å². The highest BCUT2D eigenvalue weighted by atomic mass is 32.2. The summed E-state index contributed by atoms with van der Waals surface area (Å²) in [5.74, 6) is 1.22. The maximum absolute atomic E-state index is 12.5. The summed E-state index contributed by atoms with van der Waals surface area (Å²) in [7, 11) is 1.67. The summed E-state index contributed by atoms with van der Waals surface area (Å²) in [6, 6.07) is 9.81. The highest BCUT2D eigenvalue weighted by Crippen LogP contribution is 2.54. The van der Waals surface area contributed by atoms with Crippen LogP contribution in [0.1, 0.15) is 19.3 Å². The van der Waals surface area contributed by atoms with Gasteiger partial charge in [0.25, 0.3) is 0 Å². The van der Waals surface area contributed by atoms with E-state index in [0.29, 0.717) is 6.42 Å². The third kappa shape index (κ3) is 2.15. The highest BCUT2D eigenvalue weighted by molar-refractivity contribution is 7.99. The number of thioether (sulfide) groups is 1. The molecular formula is C14H17NO2S. The highest BCUT2D eigenvalue weighted by Gasteiger charge is 2.48. The Bertz CT molecular complexity index is 444. The molecule has 1 aromatic carbocycles. The molecule has 4 heteroatoms. The third-order valence-electron chi connectivity index (χ3n) is 3.73. The number of para-hydroxylation sites is 1. The SMILES string of the molecule is COC1SCC2(CC2)CC(=O)N1c1ccccc1. The van der Waals surface area contributed by atoms with Gasteiger partial charge in [0.2, 0.25) is 5.91 Å². The van der Waals surface area contributed by atoms with Crippen LogP contribution in [0.25, 0.3) is 0 Å². The number of hydrogen-bond acceptors (Lipinski definition) is 3. The van der Waals surface area contributed by atoms with Gasteiger partial charge in [0, 0.05) is 25.0 Å². The number of anilines is 1. The predicted octanol–water partition coefficient (Wildman–Crippen LogP) is 2.87. The lowest BCUT2D eigenvalue weighted by Crippen LogP contribution is -2.38. The van der Waals surface area contributed by atoms with Gasteiger partial charge in [-0.05, 0) is 30.4 Å². The Morgan fingerprint density at radius 2 is 2.06 bits per heavy atom. The van der Waals surface area contributed by atoms with Gasteiger partial charge in [0.15, 0.2) is 5.56 Å². The second kappa shape index (κ2) is 4.59. The van der Waals surface area contributed by atoms with Crippen LogP contribution < -0.4 is 4.90 Å². The fraction of sp³-hybridized carbons (Fsp3) is 0.500. The summed E-state index contributed by atoms with van der Waals surface area (Å²) in [5.41, 5.74) is 1.00. The zero-order chi connectivity index (χ0) is 12.6. The van der Waals surface area contributed by atoms with Gasteiger partial charge in [0.1, 0.15) is 0 Å². The molecular weight excluding hydrogens is 246 g/mol. The molecule has 2 aliphatic rings. The normalized spacial score (nSPS) is 26.2. The lowest BCUT2D eigenvalue weighted by Gasteiger charge is -2.28. The Morgan fingerprint density at radius 1 is 1.33 bits per heavy atom. The molecule has 1 aromatic rings. The number of carbonyl (C=O) groups excluding carboxylic acids is 1. The first-order chi connectivity index (χ1) is 8.74. The van der Waals surface area contributed by atoms with E-state index in [4.69, 9.17) is 4.74 Å². The van der Waals surface area contributed by atoms with Crippen LogP contribution in [0.4, 0.5) is 5.69 Å². The smallest absolute Gasteiger partial charge is 0.230 e. The number of ether oxygens (including phenoxy) is 1. The summed E-state index contributed by atoms with van der Waals surface area (Å²) >= 11 is 1.74. The molecule has 0 bridgehead atoms. The molecule has 3 rings (SSSR count). The van der Waals surface area contributed by atoms with Gasteiger partial charge >= 0.3 is 0 Å². The van der Waals surface area contributed by atoms with E-state index in [9.17, 15) is 4.79 Å². The average Bonchev–Trinajstić information content (AvgIpc) is 3.16. The molecule has 1 unspecified atom stereocenters. The summed E-state index contributed by atoms with van der Waals surface area (Å²) in [4.78, 5) is 14.3. The van der Waals surface area contributed by atoms with Crippen LogP contribution in [-0.4, -0.2) is 24.3 Å². The van der Waals surface area contributed by atoms with Crippen molar-refractivity contribution < 1.29 is 9.53 Å². The molecule has 1 amide bonds. The Hall–Kier alpha value is -1.00. The minimum Gasteiger partial charge on any atom is -0.352 e. The van der Waals surface area contributed by atoms with Gasteiger partial charge < -0.3 is 4.74 Å². The van der Waals surface area contributed by atoms with Gasteiger partial charge in [0.05, 0.1) is 0 Å². The quantitative estimate of drug-likeness (QED) is 0.821. The average molecular weight is 263 g/mol. The molecule has 0 N–H and O–H groups in total. The van der Waals surface area contributed by atoms with E-state index in [0.717, 1.165) is 11.4 Å². The van der Waals surface area contributed by atoms with Crippen LogP contribution in [0, 0.1) is 5.41 Å². The summed E-state index contributed by atoms with van der Waals surface area (Å²) in [6.45, 7) is 0. The van der Waals surface area contributed by atoms with Crippen LogP contribution in [0.3, 0.4) is 0 Å². The molecule has 3 nitrogen and oxygen atoms in total. The topological polar surface area (TPSA) is 29.5 Å². The Morgan fingerprint density at radius 3 is 2.67 bits per heavy atom. The molecule has 1 heterocycles. The van der Waals surface area contributed by atoms with Gasteiger partial charge in [-0.3, -0.25) is 9.69 Å². The van der Waals surface area contributed by atoms with Crippen LogP contribution in [0.5, 0.6) is 0 Å². The molecule has 96 valence electrons. The van der Waals surface area contributed by atoms with Gasteiger partial charge in [-0.25, -0.2) is 0 Å². The lowest BCUT2D eigenvalue weighted by molar-refractivity contribution is -0.120.